The zero-order valence-corrected chi connectivity index (χ0v) is 10.9. The quantitative estimate of drug-likeness (QED) is 0.767. The molecule has 0 aromatic heterocycles. The average molecular weight is 215 g/mol. The van der Waals surface area contributed by atoms with Crippen LogP contribution in [0.25, 0.3) is 0 Å². The number of rotatable bonds is 2. The van der Waals surface area contributed by atoms with Crippen LogP contribution in [0.15, 0.2) is 0 Å². The van der Waals surface area contributed by atoms with Gasteiger partial charge >= 0.3 is 0 Å². The lowest BCUT2D eigenvalue weighted by atomic mass is 9.80. The van der Waals surface area contributed by atoms with E-state index in [0.29, 0.717) is 0 Å². The molecule has 1 heterocycles. The van der Waals surface area contributed by atoms with Gasteiger partial charge in [0.05, 0.1) is 12.2 Å². The van der Waals surface area contributed by atoms with Crippen LogP contribution >= 0.6 is 0 Å². The van der Waals surface area contributed by atoms with Gasteiger partial charge < -0.3 is 5.11 Å². The van der Waals surface area contributed by atoms with Gasteiger partial charge in [0.2, 0.25) is 0 Å². The van der Waals surface area contributed by atoms with E-state index in [9.17, 15) is 5.11 Å². The first-order valence-electron chi connectivity index (χ1n) is 5.80. The summed E-state index contributed by atoms with van der Waals surface area (Å²) in [5.74, 6) is 0. The van der Waals surface area contributed by atoms with Gasteiger partial charge in [-0.1, -0.05) is 0 Å². The molecule has 0 radical (unpaired) electrons. The van der Waals surface area contributed by atoms with Gasteiger partial charge in [-0.15, -0.1) is 0 Å². The Labute approximate surface area is 93.4 Å². The van der Waals surface area contributed by atoms with Gasteiger partial charge in [-0.05, 0) is 54.4 Å². The van der Waals surface area contributed by atoms with E-state index in [1.807, 2.05) is 13.8 Å². The number of nitrogens with zero attached hydrogens (tertiary/aromatic N) is 1. The molecule has 90 valence electrons. The molecule has 1 rings (SSSR count). The van der Waals surface area contributed by atoms with E-state index < -0.39 is 0 Å². The SMILES string of the molecule is CC(C)ON1C(C)(C)CC(O)CC1(C)C. The summed E-state index contributed by atoms with van der Waals surface area (Å²) in [5.41, 5.74) is -0.211. The highest BCUT2D eigenvalue weighted by molar-refractivity contribution is 4.96. The monoisotopic (exact) mass is 215 g/mol. The lowest BCUT2D eigenvalue weighted by molar-refractivity contribution is -0.308. The Balaban J connectivity index is 2.87. The van der Waals surface area contributed by atoms with Gasteiger partial charge in [-0.25, -0.2) is 0 Å². The van der Waals surface area contributed by atoms with Crippen LogP contribution in [0.4, 0.5) is 0 Å². The Bertz CT molecular complexity index is 206. The van der Waals surface area contributed by atoms with E-state index in [4.69, 9.17) is 4.84 Å². The number of aliphatic hydroxyl groups excluding tert-OH is 1. The van der Waals surface area contributed by atoms with Gasteiger partial charge in [-0.2, -0.15) is 5.06 Å². The summed E-state index contributed by atoms with van der Waals surface area (Å²) in [6.45, 7) is 12.6. The highest BCUT2D eigenvalue weighted by Gasteiger charge is 2.46. The van der Waals surface area contributed by atoms with Crippen molar-refractivity contribution in [1.82, 2.24) is 5.06 Å². The zero-order valence-electron chi connectivity index (χ0n) is 10.9. The molecule has 1 saturated heterocycles. The van der Waals surface area contributed by atoms with Gasteiger partial charge in [0.25, 0.3) is 0 Å². The zero-order chi connectivity index (χ0) is 11.9. The van der Waals surface area contributed by atoms with Crippen LogP contribution in [0.1, 0.15) is 54.4 Å². The van der Waals surface area contributed by atoms with Gasteiger partial charge in [0.1, 0.15) is 0 Å². The van der Waals surface area contributed by atoms with Crippen LogP contribution in [0.2, 0.25) is 0 Å². The molecule has 3 nitrogen and oxygen atoms in total. The second kappa shape index (κ2) is 4.04. The van der Waals surface area contributed by atoms with Gasteiger partial charge in [0.15, 0.2) is 0 Å². The van der Waals surface area contributed by atoms with Crippen LogP contribution < -0.4 is 0 Å². The molecule has 1 N–H and O–H groups in total. The predicted molar refractivity (Wildman–Crippen MR) is 61.5 cm³/mol. The van der Waals surface area contributed by atoms with Crippen molar-refractivity contribution in [2.45, 2.75) is 77.7 Å². The number of hydrogen-bond donors (Lipinski definition) is 1. The first-order valence-corrected chi connectivity index (χ1v) is 5.80. The van der Waals surface area contributed by atoms with Crippen molar-refractivity contribution in [3.8, 4) is 0 Å². The topological polar surface area (TPSA) is 32.7 Å². The standard InChI is InChI=1S/C12H25NO2/c1-9(2)15-13-11(3,4)7-10(14)8-12(13,5)6/h9-10,14H,7-8H2,1-6H3. The van der Waals surface area contributed by atoms with Crippen molar-refractivity contribution in [3.05, 3.63) is 0 Å². The maximum Gasteiger partial charge on any atom is 0.0737 e. The molecule has 0 aliphatic carbocycles. The molecule has 3 heteroatoms. The molecule has 0 atom stereocenters. The fourth-order valence-electron chi connectivity index (χ4n) is 2.71. The van der Waals surface area contributed by atoms with E-state index in [0.717, 1.165) is 12.8 Å². The number of hydroxylamine groups is 2. The van der Waals surface area contributed by atoms with E-state index in [1.165, 1.54) is 0 Å². The fourth-order valence-corrected chi connectivity index (χ4v) is 2.71. The van der Waals surface area contributed by atoms with Crippen molar-refractivity contribution in [1.29, 1.82) is 0 Å². The molecule has 1 aliphatic rings. The summed E-state index contributed by atoms with van der Waals surface area (Å²) in [5, 5.41) is 11.9. The minimum atomic E-state index is -0.220. The normalized spacial score (nSPS) is 27.2. The first kappa shape index (κ1) is 12.9. The second-order valence-corrected chi connectivity index (χ2v) is 6.14. The van der Waals surface area contributed by atoms with Crippen LogP contribution in [0, 0.1) is 0 Å². The van der Waals surface area contributed by atoms with E-state index in [2.05, 4.69) is 32.8 Å². The molecule has 15 heavy (non-hydrogen) atoms. The molecule has 1 fully saturated rings. The van der Waals surface area contributed by atoms with Crippen molar-refractivity contribution < 1.29 is 9.94 Å². The van der Waals surface area contributed by atoms with Crippen LogP contribution in [-0.4, -0.2) is 33.5 Å². The summed E-state index contributed by atoms with van der Waals surface area (Å²) < 4.78 is 0. The van der Waals surface area contributed by atoms with Crippen molar-refractivity contribution in [2.75, 3.05) is 0 Å². The predicted octanol–water partition coefficient (Wildman–Crippen LogP) is 2.34. The van der Waals surface area contributed by atoms with Crippen molar-refractivity contribution in [3.63, 3.8) is 0 Å². The third kappa shape index (κ3) is 2.92. The summed E-state index contributed by atoms with van der Waals surface area (Å²) in [6, 6.07) is 0. The second-order valence-electron chi connectivity index (χ2n) is 6.14. The van der Waals surface area contributed by atoms with Crippen molar-refractivity contribution >= 4 is 0 Å². The Morgan fingerprint density at radius 1 is 1.13 bits per heavy atom. The van der Waals surface area contributed by atoms with Crippen molar-refractivity contribution in [2.24, 2.45) is 0 Å². The number of piperidine rings is 1. The Hall–Kier alpha value is -0.120. The molecule has 0 aromatic rings. The third-order valence-corrected chi connectivity index (χ3v) is 2.89. The molecule has 0 amide bonds. The molecular formula is C12H25NO2. The smallest absolute Gasteiger partial charge is 0.0737 e. The maximum atomic E-state index is 9.85. The molecule has 0 aromatic carbocycles. The molecule has 0 saturated carbocycles. The largest absolute Gasteiger partial charge is 0.393 e. The summed E-state index contributed by atoms with van der Waals surface area (Å²) in [6.07, 6.45) is 1.49. The minimum absolute atomic E-state index is 0.106. The first-order chi connectivity index (χ1) is 6.65. The maximum absolute atomic E-state index is 9.85. The number of aliphatic hydroxyl groups is 1. The van der Waals surface area contributed by atoms with E-state index >= 15 is 0 Å². The molecule has 0 unspecified atom stereocenters. The Morgan fingerprint density at radius 2 is 1.53 bits per heavy atom. The van der Waals surface area contributed by atoms with Crippen LogP contribution in [-0.2, 0) is 4.84 Å². The fraction of sp³-hybridized carbons (Fsp3) is 1.00. The van der Waals surface area contributed by atoms with Crippen LogP contribution in [0.3, 0.4) is 0 Å². The summed E-state index contributed by atoms with van der Waals surface area (Å²) in [7, 11) is 0. The summed E-state index contributed by atoms with van der Waals surface area (Å²) >= 11 is 0. The molecule has 1 aliphatic heterocycles. The lowest BCUT2D eigenvalue weighted by Crippen LogP contribution is -2.62. The highest BCUT2D eigenvalue weighted by atomic mass is 16.7. The Morgan fingerprint density at radius 3 is 1.87 bits per heavy atom. The molecular weight excluding hydrogens is 190 g/mol. The van der Waals surface area contributed by atoms with E-state index in [1.54, 1.807) is 0 Å². The van der Waals surface area contributed by atoms with E-state index in [-0.39, 0.29) is 23.3 Å². The third-order valence-electron chi connectivity index (χ3n) is 2.89. The van der Waals surface area contributed by atoms with Gasteiger partial charge in [0, 0.05) is 11.1 Å². The lowest BCUT2D eigenvalue weighted by Gasteiger charge is -2.53. The minimum Gasteiger partial charge on any atom is -0.393 e. The number of hydrogen-bond acceptors (Lipinski definition) is 3. The highest BCUT2D eigenvalue weighted by Crippen LogP contribution is 2.38. The Kier molecular flexibility index (Phi) is 3.49. The van der Waals surface area contributed by atoms with Crippen LogP contribution in [0.5, 0.6) is 0 Å². The average Bonchev–Trinajstić information content (AvgIpc) is 1.94. The summed E-state index contributed by atoms with van der Waals surface area (Å²) in [4.78, 5) is 5.89. The van der Waals surface area contributed by atoms with Gasteiger partial charge in [-0.3, -0.25) is 4.84 Å². The molecule has 0 bridgehead atoms. The molecule has 0 spiro atoms.